The van der Waals surface area contributed by atoms with Gasteiger partial charge in [-0.05, 0) is 51.3 Å². The van der Waals surface area contributed by atoms with Gasteiger partial charge in [0.15, 0.2) is 0 Å². The number of benzene rings is 1. The van der Waals surface area contributed by atoms with Crippen molar-refractivity contribution in [1.29, 1.82) is 0 Å². The minimum absolute atomic E-state index is 0.619. The topological polar surface area (TPSA) is 15.3 Å². The van der Waals surface area contributed by atoms with Crippen LogP contribution in [0.15, 0.2) is 22.7 Å². The van der Waals surface area contributed by atoms with E-state index in [-0.39, 0.29) is 0 Å². The number of halogens is 1. The van der Waals surface area contributed by atoms with Crippen molar-refractivity contribution >= 4 is 21.6 Å². The molecule has 18 heavy (non-hydrogen) atoms. The minimum atomic E-state index is 0.619. The van der Waals surface area contributed by atoms with Gasteiger partial charge in [-0.1, -0.05) is 22.0 Å². The first-order valence-corrected chi connectivity index (χ1v) is 7.63. The Morgan fingerprint density at radius 1 is 1.28 bits per heavy atom. The first-order chi connectivity index (χ1) is 8.58. The van der Waals surface area contributed by atoms with Crippen LogP contribution in [-0.4, -0.2) is 30.1 Å². The summed E-state index contributed by atoms with van der Waals surface area (Å²) >= 11 is 3.59. The van der Waals surface area contributed by atoms with Crippen LogP contribution in [0.25, 0.3) is 0 Å². The summed E-state index contributed by atoms with van der Waals surface area (Å²) in [5, 5.41) is 3.69. The van der Waals surface area contributed by atoms with Crippen LogP contribution in [-0.2, 0) is 0 Å². The van der Waals surface area contributed by atoms with Gasteiger partial charge in [0, 0.05) is 35.3 Å². The van der Waals surface area contributed by atoms with Gasteiger partial charge in [0.25, 0.3) is 0 Å². The maximum atomic E-state index is 3.69. The Balaban J connectivity index is 1.94. The summed E-state index contributed by atoms with van der Waals surface area (Å²) in [6, 6.07) is 7.67. The molecule has 1 heterocycles. The number of rotatable bonds is 3. The van der Waals surface area contributed by atoms with Gasteiger partial charge in [-0.3, -0.25) is 0 Å². The summed E-state index contributed by atoms with van der Waals surface area (Å²) in [5.41, 5.74) is 2.58. The molecule has 2 nitrogen and oxygen atoms in total. The molecular weight excluding hydrogens is 288 g/mol. The molecule has 1 aliphatic rings. The molecule has 1 aromatic rings. The summed E-state index contributed by atoms with van der Waals surface area (Å²) in [4.78, 5) is 2.56. The first-order valence-electron chi connectivity index (χ1n) is 6.83. The van der Waals surface area contributed by atoms with E-state index < -0.39 is 0 Å². The third-order valence-electron chi connectivity index (χ3n) is 3.89. The average Bonchev–Trinajstić information content (AvgIpc) is 2.36. The maximum Gasteiger partial charge on any atom is 0.0383 e. The van der Waals surface area contributed by atoms with Crippen molar-refractivity contribution in [2.24, 2.45) is 0 Å². The van der Waals surface area contributed by atoms with E-state index >= 15 is 0 Å². The Hall–Kier alpha value is -0.540. The van der Waals surface area contributed by atoms with Crippen molar-refractivity contribution in [1.82, 2.24) is 4.90 Å². The molecule has 0 aromatic heterocycles. The van der Waals surface area contributed by atoms with E-state index in [2.05, 4.69) is 65.1 Å². The fraction of sp³-hybridized carbons (Fsp3) is 0.600. The molecule has 0 radical (unpaired) electrons. The second-order valence-electron chi connectivity index (χ2n) is 5.46. The highest BCUT2D eigenvalue weighted by Crippen LogP contribution is 2.26. The molecule has 100 valence electrons. The monoisotopic (exact) mass is 310 g/mol. The quantitative estimate of drug-likeness (QED) is 0.906. The Morgan fingerprint density at radius 2 is 1.94 bits per heavy atom. The zero-order valence-electron chi connectivity index (χ0n) is 11.5. The third kappa shape index (κ3) is 3.27. The number of likely N-dealkylation sites (tertiary alicyclic amines) is 1. The van der Waals surface area contributed by atoms with E-state index in [1.165, 1.54) is 41.7 Å². The highest BCUT2D eigenvalue weighted by Gasteiger charge is 2.20. The van der Waals surface area contributed by atoms with Gasteiger partial charge in [0.2, 0.25) is 0 Å². The molecule has 0 spiro atoms. The predicted octanol–water partition coefficient (Wildman–Crippen LogP) is 4.04. The van der Waals surface area contributed by atoms with Crippen LogP contribution in [0.3, 0.4) is 0 Å². The van der Waals surface area contributed by atoms with Gasteiger partial charge >= 0.3 is 0 Å². The van der Waals surface area contributed by atoms with Crippen LogP contribution in [0.1, 0.15) is 32.3 Å². The first kappa shape index (κ1) is 13.9. The molecule has 0 bridgehead atoms. The molecule has 0 aliphatic carbocycles. The van der Waals surface area contributed by atoms with Crippen molar-refractivity contribution < 1.29 is 0 Å². The van der Waals surface area contributed by atoms with Gasteiger partial charge < -0.3 is 10.2 Å². The van der Waals surface area contributed by atoms with Crippen molar-refractivity contribution in [3.63, 3.8) is 0 Å². The lowest BCUT2D eigenvalue weighted by Crippen LogP contribution is -2.42. The van der Waals surface area contributed by atoms with E-state index in [4.69, 9.17) is 0 Å². The van der Waals surface area contributed by atoms with Crippen LogP contribution in [0.4, 0.5) is 5.69 Å². The zero-order chi connectivity index (χ0) is 13.1. The Bertz CT molecular complexity index is 395. The fourth-order valence-corrected chi connectivity index (χ4v) is 2.91. The highest BCUT2D eigenvalue weighted by atomic mass is 79.9. The molecule has 1 aromatic carbocycles. The molecule has 0 atom stereocenters. The standard InChI is InChI=1S/C15H23BrN2/c1-11(2)18-9-7-13(8-10-18)17-15-6-4-5-14(16)12(15)3/h4-6,11,13,17H,7-10H2,1-3H3. The predicted molar refractivity (Wildman–Crippen MR) is 82.2 cm³/mol. The lowest BCUT2D eigenvalue weighted by atomic mass is 10.0. The largest absolute Gasteiger partial charge is 0.382 e. The lowest BCUT2D eigenvalue weighted by molar-refractivity contribution is 0.177. The second kappa shape index (κ2) is 6.07. The average molecular weight is 311 g/mol. The molecule has 0 amide bonds. The van der Waals surface area contributed by atoms with Crippen molar-refractivity contribution in [2.75, 3.05) is 18.4 Å². The number of nitrogens with zero attached hydrogens (tertiary/aromatic N) is 1. The zero-order valence-corrected chi connectivity index (χ0v) is 13.1. The Labute approximate surface area is 119 Å². The molecule has 0 unspecified atom stereocenters. The summed E-state index contributed by atoms with van der Waals surface area (Å²) in [6.45, 7) is 9.15. The third-order valence-corrected chi connectivity index (χ3v) is 4.75. The molecule has 1 N–H and O–H groups in total. The highest BCUT2D eigenvalue weighted by molar-refractivity contribution is 9.10. The molecule has 1 saturated heterocycles. The van der Waals surface area contributed by atoms with Crippen LogP contribution in [0.5, 0.6) is 0 Å². The molecular formula is C15H23BrN2. The lowest BCUT2D eigenvalue weighted by Gasteiger charge is -2.35. The molecule has 2 rings (SSSR count). The van der Waals surface area contributed by atoms with Gasteiger partial charge in [-0.2, -0.15) is 0 Å². The van der Waals surface area contributed by atoms with Gasteiger partial charge in [0.1, 0.15) is 0 Å². The molecule has 1 fully saturated rings. The van der Waals surface area contributed by atoms with Crippen molar-refractivity contribution in [2.45, 2.75) is 45.7 Å². The van der Waals surface area contributed by atoms with Crippen LogP contribution >= 0.6 is 15.9 Å². The number of nitrogens with one attached hydrogen (secondary N) is 1. The van der Waals surface area contributed by atoms with E-state index in [1.807, 2.05) is 0 Å². The number of piperidine rings is 1. The Morgan fingerprint density at radius 3 is 2.56 bits per heavy atom. The SMILES string of the molecule is Cc1c(Br)cccc1NC1CCN(C(C)C)CC1. The molecule has 3 heteroatoms. The van der Waals surface area contributed by atoms with Gasteiger partial charge in [0.05, 0.1) is 0 Å². The number of hydrogen-bond donors (Lipinski definition) is 1. The smallest absolute Gasteiger partial charge is 0.0383 e. The van der Waals surface area contributed by atoms with Gasteiger partial charge in [-0.15, -0.1) is 0 Å². The van der Waals surface area contributed by atoms with Crippen molar-refractivity contribution in [3.05, 3.63) is 28.2 Å². The van der Waals surface area contributed by atoms with E-state index in [0.717, 1.165) is 0 Å². The van der Waals surface area contributed by atoms with Gasteiger partial charge in [-0.25, -0.2) is 0 Å². The minimum Gasteiger partial charge on any atom is -0.382 e. The van der Waals surface area contributed by atoms with E-state index in [0.29, 0.717) is 12.1 Å². The van der Waals surface area contributed by atoms with Crippen molar-refractivity contribution in [3.8, 4) is 0 Å². The summed E-state index contributed by atoms with van der Waals surface area (Å²) < 4.78 is 1.19. The van der Waals surface area contributed by atoms with Crippen LogP contribution in [0.2, 0.25) is 0 Å². The Kier molecular flexibility index (Phi) is 4.68. The number of hydrogen-bond acceptors (Lipinski definition) is 2. The molecule has 0 saturated carbocycles. The van der Waals surface area contributed by atoms with Crippen LogP contribution in [0, 0.1) is 6.92 Å². The second-order valence-corrected chi connectivity index (χ2v) is 6.32. The summed E-state index contributed by atoms with van der Waals surface area (Å²) in [6.07, 6.45) is 2.48. The maximum absolute atomic E-state index is 3.69. The van der Waals surface area contributed by atoms with E-state index in [1.54, 1.807) is 0 Å². The number of anilines is 1. The fourth-order valence-electron chi connectivity index (χ4n) is 2.54. The van der Waals surface area contributed by atoms with Crippen LogP contribution < -0.4 is 5.32 Å². The molecule has 1 aliphatic heterocycles. The van der Waals surface area contributed by atoms with E-state index in [9.17, 15) is 0 Å². The summed E-state index contributed by atoms with van der Waals surface area (Å²) in [5.74, 6) is 0. The summed E-state index contributed by atoms with van der Waals surface area (Å²) in [7, 11) is 0. The normalized spacial score (nSPS) is 18.3.